The number of rotatable bonds is 5. The molecule has 0 bridgehead atoms. The molecule has 1 N–H and O–H groups in total. The first kappa shape index (κ1) is 16.1. The number of hydrogen-bond donors (Lipinski definition) is 1. The van der Waals surface area contributed by atoms with Crippen LogP contribution in [0.2, 0.25) is 0 Å². The van der Waals surface area contributed by atoms with Crippen LogP contribution in [0.3, 0.4) is 0 Å². The molecule has 0 saturated heterocycles. The normalized spacial score (nSPS) is 16.7. The molecule has 1 aromatic heterocycles. The third-order valence-electron chi connectivity index (χ3n) is 4.13. The minimum Gasteiger partial charge on any atom is -0.345 e. The first-order valence-electron chi connectivity index (χ1n) is 8.26. The average Bonchev–Trinajstić information content (AvgIpc) is 2.60. The Bertz CT molecular complexity index is 687. The molecule has 0 spiro atoms. The van der Waals surface area contributed by atoms with Crippen LogP contribution in [0.15, 0.2) is 47.6 Å². The van der Waals surface area contributed by atoms with Crippen LogP contribution in [-0.2, 0) is 6.42 Å². The highest BCUT2D eigenvalue weighted by Crippen LogP contribution is 2.30. The minimum absolute atomic E-state index is 0.0154. The molecular formula is C19H22N2OS. The van der Waals surface area contributed by atoms with Crippen molar-refractivity contribution in [3.8, 4) is 0 Å². The topological polar surface area (TPSA) is 42.0 Å². The van der Waals surface area contributed by atoms with Crippen LogP contribution in [0.25, 0.3) is 0 Å². The Hall–Kier alpha value is -1.81. The van der Waals surface area contributed by atoms with Crippen molar-refractivity contribution in [2.45, 2.75) is 43.7 Å². The number of aromatic nitrogens is 1. The highest BCUT2D eigenvalue weighted by Gasteiger charge is 2.23. The number of fused-ring (bicyclic) bond motifs is 1. The summed E-state index contributed by atoms with van der Waals surface area (Å²) in [5.74, 6) is 0.960. The number of thioether (sulfide) groups is 1. The Morgan fingerprint density at radius 2 is 2.17 bits per heavy atom. The van der Waals surface area contributed by atoms with E-state index in [1.165, 1.54) is 11.1 Å². The number of pyridine rings is 1. The van der Waals surface area contributed by atoms with Gasteiger partial charge in [0.15, 0.2) is 0 Å². The first-order valence-corrected chi connectivity index (χ1v) is 9.24. The fraction of sp³-hybridized carbons (Fsp3) is 0.368. The van der Waals surface area contributed by atoms with E-state index in [2.05, 4.69) is 41.5 Å². The molecule has 2 aromatic rings. The van der Waals surface area contributed by atoms with Crippen LogP contribution >= 0.6 is 11.8 Å². The molecule has 0 fully saturated rings. The maximum absolute atomic E-state index is 12.7. The maximum Gasteiger partial charge on any atom is 0.254 e. The van der Waals surface area contributed by atoms with E-state index in [9.17, 15) is 4.79 Å². The van der Waals surface area contributed by atoms with Crippen LogP contribution in [0.5, 0.6) is 0 Å². The molecule has 0 aliphatic heterocycles. The number of benzene rings is 1. The number of aryl methyl sites for hydroxylation is 1. The summed E-state index contributed by atoms with van der Waals surface area (Å²) in [5.41, 5.74) is 3.31. The Balaban J connectivity index is 1.78. The number of hydrogen-bond acceptors (Lipinski definition) is 3. The second-order valence-corrected chi connectivity index (χ2v) is 6.91. The molecule has 1 amide bonds. The van der Waals surface area contributed by atoms with Gasteiger partial charge >= 0.3 is 0 Å². The van der Waals surface area contributed by atoms with Crippen molar-refractivity contribution in [3.05, 3.63) is 59.3 Å². The molecule has 1 aromatic carbocycles. The summed E-state index contributed by atoms with van der Waals surface area (Å²) in [6.45, 7) is 2.13. The van der Waals surface area contributed by atoms with E-state index >= 15 is 0 Å². The molecule has 1 heterocycles. The third kappa shape index (κ3) is 3.75. The number of carbonyl (C=O) groups is 1. The van der Waals surface area contributed by atoms with E-state index in [0.29, 0.717) is 5.56 Å². The molecular weight excluding hydrogens is 304 g/mol. The van der Waals surface area contributed by atoms with E-state index in [1.807, 2.05) is 12.1 Å². The van der Waals surface area contributed by atoms with Gasteiger partial charge in [0, 0.05) is 6.20 Å². The predicted octanol–water partition coefficient (Wildman–Crippen LogP) is 4.39. The van der Waals surface area contributed by atoms with Crippen molar-refractivity contribution in [2.24, 2.45) is 0 Å². The zero-order chi connectivity index (χ0) is 16.1. The van der Waals surface area contributed by atoms with Crippen molar-refractivity contribution in [1.82, 2.24) is 10.3 Å². The van der Waals surface area contributed by atoms with E-state index < -0.39 is 0 Å². The van der Waals surface area contributed by atoms with Crippen LogP contribution < -0.4 is 5.32 Å². The van der Waals surface area contributed by atoms with Gasteiger partial charge in [0.25, 0.3) is 5.91 Å². The molecule has 120 valence electrons. The van der Waals surface area contributed by atoms with Gasteiger partial charge in [0.05, 0.1) is 11.6 Å². The molecule has 1 aliphatic rings. The molecule has 3 nitrogen and oxygen atoms in total. The molecule has 23 heavy (non-hydrogen) atoms. The molecule has 4 heteroatoms. The lowest BCUT2D eigenvalue weighted by atomic mass is 9.87. The molecule has 1 atom stereocenters. The van der Waals surface area contributed by atoms with Crippen LogP contribution in [0.1, 0.15) is 53.7 Å². The minimum atomic E-state index is -0.0154. The molecule has 0 radical (unpaired) electrons. The van der Waals surface area contributed by atoms with Crippen molar-refractivity contribution < 1.29 is 4.79 Å². The SMILES string of the molecule is CCCSc1ncccc1C(=O)N[C@@H]1CCCc2ccccc21. The second kappa shape index (κ2) is 7.64. The van der Waals surface area contributed by atoms with E-state index in [-0.39, 0.29) is 11.9 Å². The monoisotopic (exact) mass is 326 g/mol. The number of amides is 1. The molecule has 0 unspecified atom stereocenters. The van der Waals surface area contributed by atoms with Crippen molar-refractivity contribution in [1.29, 1.82) is 0 Å². The average molecular weight is 326 g/mol. The number of carbonyl (C=O) groups excluding carboxylic acids is 1. The van der Waals surface area contributed by atoms with Crippen LogP contribution in [0.4, 0.5) is 0 Å². The molecule has 3 rings (SSSR count). The Kier molecular flexibility index (Phi) is 5.34. The van der Waals surface area contributed by atoms with Gasteiger partial charge in [-0.3, -0.25) is 4.79 Å². The third-order valence-corrected chi connectivity index (χ3v) is 5.34. The lowest BCUT2D eigenvalue weighted by molar-refractivity contribution is 0.0929. The van der Waals surface area contributed by atoms with Gasteiger partial charge in [-0.15, -0.1) is 11.8 Å². The quantitative estimate of drug-likeness (QED) is 0.829. The van der Waals surface area contributed by atoms with E-state index in [0.717, 1.165) is 36.5 Å². The van der Waals surface area contributed by atoms with Crippen LogP contribution in [0, 0.1) is 0 Å². The summed E-state index contributed by atoms with van der Waals surface area (Å²) < 4.78 is 0. The van der Waals surface area contributed by atoms with Crippen molar-refractivity contribution in [2.75, 3.05) is 5.75 Å². The summed E-state index contributed by atoms with van der Waals surface area (Å²) in [6.07, 6.45) is 6.04. The summed E-state index contributed by atoms with van der Waals surface area (Å²) in [6, 6.07) is 12.2. The summed E-state index contributed by atoms with van der Waals surface area (Å²) in [4.78, 5) is 17.1. The highest BCUT2D eigenvalue weighted by atomic mass is 32.2. The van der Waals surface area contributed by atoms with Gasteiger partial charge in [-0.1, -0.05) is 31.2 Å². The number of nitrogens with zero attached hydrogens (tertiary/aromatic N) is 1. The zero-order valence-electron chi connectivity index (χ0n) is 13.4. The van der Waals surface area contributed by atoms with Gasteiger partial charge in [-0.25, -0.2) is 4.98 Å². The Morgan fingerprint density at radius 1 is 1.30 bits per heavy atom. The van der Waals surface area contributed by atoms with Gasteiger partial charge < -0.3 is 5.32 Å². The summed E-state index contributed by atoms with van der Waals surface area (Å²) in [7, 11) is 0. The molecule has 1 aliphatic carbocycles. The lowest BCUT2D eigenvalue weighted by Crippen LogP contribution is -2.31. The largest absolute Gasteiger partial charge is 0.345 e. The van der Waals surface area contributed by atoms with Crippen molar-refractivity contribution >= 4 is 17.7 Å². The summed E-state index contributed by atoms with van der Waals surface area (Å²) >= 11 is 1.65. The first-order chi connectivity index (χ1) is 11.3. The maximum atomic E-state index is 12.7. The fourth-order valence-electron chi connectivity index (χ4n) is 3.02. The molecule has 0 saturated carbocycles. The van der Waals surface area contributed by atoms with Gasteiger partial charge in [-0.2, -0.15) is 0 Å². The van der Waals surface area contributed by atoms with Gasteiger partial charge in [0.2, 0.25) is 0 Å². The highest BCUT2D eigenvalue weighted by molar-refractivity contribution is 7.99. The summed E-state index contributed by atoms with van der Waals surface area (Å²) in [5, 5.41) is 4.05. The van der Waals surface area contributed by atoms with Gasteiger partial charge in [0.1, 0.15) is 5.03 Å². The smallest absolute Gasteiger partial charge is 0.254 e. The van der Waals surface area contributed by atoms with E-state index in [1.54, 1.807) is 18.0 Å². The number of nitrogens with one attached hydrogen (secondary N) is 1. The van der Waals surface area contributed by atoms with E-state index in [4.69, 9.17) is 0 Å². The predicted molar refractivity (Wildman–Crippen MR) is 94.8 cm³/mol. The standard InChI is InChI=1S/C19H22N2OS/c1-2-13-23-19-16(10-6-12-20-19)18(22)21-17-11-5-8-14-7-3-4-9-15(14)17/h3-4,6-7,9-10,12,17H,2,5,8,11,13H2,1H3,(H,21,22)/t17-/m1/s1. The second-order valence-electron chi connectivity index (χ2n) is 5.82. The van der Waals surface area contributed by atoms with Crippen LogP contribution in [-0.4, -0.2) is 16.6 Å². The Labute approximate surface area is 141 Å². The fourth-order valence-corrected chi connectivity index (χ4v) is 3.87. The lowest BCUT2D eigenvalue weighted by Gasteiger charge is -2.26. The zero-order valence-corrected chi connectivity index (χ0v) is 14.2. The Morgan fingerprint density at radius 3 is 3.04 bits per heavy atom. The van der Waals surface area contributed by atoms with Gasteiger partial charge in [-0.05, 0) is 54.7 Å². The van der Waals surface area contributed by atoms with Crippen molar-refractivity contribution in [3.63, 3.8) is 0 Å².